The molecule has 0 amide bonds. The van der Waals surface area contributed by atoms with Crippen molar-refractivity contribution in [2.45, 2.75) is 19.1 Å². The van der Waals surface area contributed by atoms with Crippen molar-refractivity contribution < 1.29 is 14.9 Å². The van der Waals surface area contributed by atoms with Crippen LogP contribution in [0, 0.1) is 6.92 Å². The molecule has 0 aliphatic carbocycles. The Bertz CT molecular complexity index is 537. The number of aliphatic hydroxyl groups is 2. The molecule has 19 heavy (non-hydrogen) atoms. The van der Waals surface area contributed by atoms with Crippen LogP contribution in [0.1, 0.15) is 28.9 Å². The Morgan fingerprint density at radius 3 is 2.21 bits per heavy atom. The molecule has 2 aromatic carbocycles. The van der Waals surface area contributed by atoms with Crippen molar-refractivity contribution in [1.82, 2.24) is 0 Å². The van der Waals surface area contributed by atoms with Crippen LogP contribution >= 0.6 is 0 Å². The summed E-state index contributed by atoms with van der Waals surface area (Å²) >= 11 is 0. The van der Waals surface area contributed by atoms with Gasteiger partial charge in [0.25, 0.3) is 0 Å². The van der Waals surface area contributed by atoms with Gasteiger partial charge in [-0.05, 0) is 35.7 Å². The first-order valence-corrected chi connectivity index (χ1v) is 6.19. The molecule has 2 aromatic rings. The SMILES string of the molecule is COc1ccc(C(O)C(O)c2ccccc2)c(C)c1. The normalized spacial score (nSPS) is 13.9. The molecule has 0 radical (unpaired) electrons. The number of hydrogen-bond acceptors (Lipinski definition) is 3. The molecule has 0 aliphatic heterocycles. The summed E-state index contributed by atoms with van der Waals surface area (Å²) in [5, 5.41) is 20.5. The monoisotopic (exact) mass is 258 g/mol. The number of aryl methyl sites for hydroxylation is 1. The molecule has 0 bridgehead atoms. The van der Waals surface area contributed by atoms with Crippen molar-refractivity contribution in [2.75, 3.05) is 7.11 Å². The minimum absolute atomic E-state index is 0.699. The summed E-state index contributed by atoms with van der Waals surface area (Å²) in [4.78, 5) is 0. The summed E-state index contributed by atoms with van der Waals surface area (Å²) in [6, 6.07) is 14.6. The summed E-state index contributed by atoms with van der Waals surface area (Å²) in [6.45, 7) is 1.89. The van der Waals surface area contributed by atoms with E-state index in [0.29, 0.717) is 11.1 Å². The first kappa shape index (κ1) is 13.6. The smallest absolute Gasteiger partial charge is 0.119 e. The highest BCUT2D eigenvalue weighted by molar-refractivity contribution is 5.37. The fourth-order valence-corrected chi connectivity index (χ4v) is 2.11. The van der Waals surface area contributed by atoms with E-state index in [-0.39, 0.29) is 0 Å². The molecule has 2 atom stereocenters. The van der Waals surface area contributed by atoms with Crippen LogP contribution in [-0.2, 0) is 0 Å². The van der Waals surface area contributed by atoms with Gasteiger partial charge in [0.15, 0.2) is 0 Å². The molecule has 2 rings (SSSR count). The molecule has 0 saturated heterocycles. The number of rotatable bonds is 4. The number of ether oxygens (including phenoxy) is 1. The topological polar surface area (TPSA) is 49.7 Å². The third kappa shape index (κ3) is 2.95. The maximum atomic E-state index is 10.3. The highest BCUT2D eigenvalue weighted by Gasteiger charge is 2.21. The van der Waals surface area contributed by atoms with Gasteiger partial charge in [-0.15, -0.1) is 0 Å². The summed E-state index contributed by atoms with van der Waals surface area (Å²) in [5.74, 6) is 0.739. The van der Waals surface area contributed by atoms with E-state index in [2.05, 4.69) is 0 Å². The van der Waals surface area contributed by atoms with E-state index in [0.717, 1.165) is 11.3 Å². The Morgan fingerprint density at radius 2 is 1.63 bits per heavy atom. The van der Waals surface area contributed by atoms with E-state index in [1.54, 1.807) is 31.4 Å². The minimum atomic E-state index is -0.951. The van der Waals surface area contributed by atoms with Crippen LogP contribution in [0.2, 0.25) is 0 Å². The second-order valence-corrected chi connectivity index (χ2v) is 4.52. The fraction of sp³-hybridized carbons (Fsp3) is 0.250. The quantitative estimate of drug-likeness (QED) is 0.886. The first-order chi connectivity index (χ1) is 9.13. The molecule has 3 heteroatoms. The lowest BCUT2D eigenvalue weighted by Crippen LogP contribution is -2.11. The predicted molar refractivity (Wildman–Crippen MR) is 74.1 cm³/mol. The summed E-state index contributed by atoms with van der Waals surface area (Å²) in [6.07, 6.45) is -1.89. The van der Waals surface area contributed by atoms with Crippen LogP contribution in [0.15, 0.2) is 48.5 Å². The van der Waals surface area contributed by atoms with Crippen LogP contribution in [0.25, 0.3) is 0 Å². The van der Waals surface area contributed by atoms with Gasteiger partial charge in [0.2, 0.25) is 0 Å². The van der Waals surface area contributed by atoms with Gasteiger partial charge in [0.05, 0.1) is 7.11 Å². The van der Waals surface area contributed by atoms with E-state index in [9.17, 15) is 10.2 Å². The maximum Gasteiger partial charge on any atom is 0.119 e. The molecule has 0 aromatic heterocycles. The second kappa shape index (κ2) is 5.87. The van der Waals surface area contributed by atoms with E-state index < -0.39 is 12.2 Å². The minimum Gasteiger partial charge on any atom is -0.497 e. The van der Waals surface area contributed by atoms with Gasteiger partial charge >= 0.3 is 0 Å². The molecule has 2 unspecified atom stereocenters. The number of methoxy groups -OCH3 is 1. The summed E-state index contributed by atoms with van der Waals surface area (Å²) < 4.78 is 5.13. The standard InChI is InChI=1S/C16H18O3/c1-11-10-13(19-2)8-9-14(11)16(18)15(17)12-6-4-3-5-7-12/h3-10,15-18H,1-2H3. The van der Waals surface area contributed by atoms with Crippen molar-refractivity contribution in [3.05, 3.63) is 65.2 Å². The largest absolute Gasteiger partial charge is 0.497 e. The highest BCUT2D eigenvalue weighted by atomic mass is 16.5. The molecule has 0 fully saturated rings. The maximum absolute atomic E-state index is 10.3. The Morgan fingerprint density at radius 1 is 0.947 bits per heavy atom. The Labute approximate surface area is 113 Å². The van der Waals surface area contributed by atoms with Gasteiger partial charge in [-0.3, -0.25) is 0 Å². The Kier molecular flexibility index (Phi) is 4.20. The number of benzene rings is 2. The average molecular weight is 258 g/mol. The lowest BCUT2D eigenvalue weighted by molar-refractivity contribution is 0.0168. The van der Waals surface area contributed by atoms with E-state index >= 15 is 0 Å². The van der Waals surface area contributed by atoms with E-state index in [4.69, 9.17) is 4.74 Å². The lowest BCUT2D eigenvalue weighted by atomic mass is 9.95. The molecular weight excluding hydrogens is 240 g/mol. The molecule has 0 spiro atoms. The third-order valence-electron chi connectivity index (χ3n) is 3.24. The van der Waals surface area contributed by atoms with Crippen LogP contribution in [0.4, 0.5) is 0 Å². The van der Waals surface area contributed by atoms with Gasteiger partial charge in [0, 0.05) is 0 Å². The zero-order valence-electron chi connectivity index (χ0n) is 11.1. The molecule has 0 heterocycles. The first-order valence-electron chi connectivity index (χ1n) is 6.19. The van der Waals surface area contributed by atoms with Crippen molar-refractivity contribution in [3.8, 4) is 5.75 Å². The van der Waals surface area contributed by atoms with Crippen molar-refractivity contribution in [1.29, 1.82) is 0 Å². The highest BCUT2D eigenvalue weighted by Crippen LogP contribution is 2.31. The van der Waals surface area contributed by atoms with Crippen molar-refractivity contribution in [3.63, 3.8) is 0 Å². The molecular formula is C16H18O3. The Balaban J connectivity index is 2.26. The van der Waals surface area contributed by atoms with Gasteiger partial charge in [-0.2, -0.15) is 0 Å². The number of aliphatic hydroxyl groups excluding tert-OH is 2. The summed E-state index contributed by atoms with van der Waals surface area (Å²) in [7, 11) is 1.60. The molecule has 2 N–H and O–H groups in total. The second-order valence-electron chi connectivity index (χ2n) is 4.52. The van der Waals surface area contributed by atoms with E-state index in [1.165, 1.54) is 0 Å². The molecule has 0 saturated carbocycles. The van der Waals surface area contributed by atoms with Crippen molar-refractivity contribution in [2.24, 2.45) is 0 Å². The fourth-order valence-electron chi connectivity index (χ4n) is 2.11. The van der Waals surface area contributed by atoms with Crippen LogP contribution in [-0.4, -0.2) is 17.3 Å². The Hall–Kier alpha value is -1.84. The average Bonchev–Trinajstić information content (AvgIpc) is 2.46. The molecule has 0 aliphatic rings. The summed E-state index contributed by atoms with van der Waals surface area (Å²) in [5.41, 5.74) is 2.30. The number of hydrogen-bond donors (Lipinski definition) is 2. The molecule has 100 valence electrons. The lowest BCUT2D eigenvalue weighted by Gasteiger charge is -2.20. The molecule has 3 nitrogen and oxygen atoms in total. The zero-order valence-corrected chi connectivity index (χ0v) is 11.1. The third-order valence-corrected chi connectivity index (χ3v) is 3.24. The van der Waals surface area contributed by atoms with Gasteiger partial charge in [-0.25, -0.2) is 0 Å². The van der Waals surface area contributed by atoms with Gasteiger partial charge in [0.1, 0.15) is 18.0 Å². The van der Waals surface area contributed by atoms with E-state index in [1.807, 2.05) is 31.2 Å². The van der Waals surface area contributed by atoms with Crippen LogP contribution in [0.5, 0.6) is 5.75 Å². The van der Waals surface area contributed by atoms with Gasteiger partial charge < -0.3 is 14.9 Å². The van der Waals surface area contributed by atoms with Crippen LogP contribution < -0.4 is 4.74 Å². The zero-order chi connectivity index (χ0) is 13.8. The van der Waals surface area contributed by atoms with Crippen LogP contribution in [0.3, 0.4) is 0 Å². The van der Waals surface area contributed by atoms with Gasteiger partial charge in [-0.1, -0.05) is 36.4 Å². The predicted octanol–water partition coefficient (Wildman–Crippen LogP) is 2.77. The van der Waals surface area contributed by atoms with Crippen molar-refractivity contribution >= 4 is 0 Å².